The van der Waals surface area contributed by atoms with Gasteiger partial charge in [-0.05, 0) is 30.3 Å². The number of benzene rings is 2. The third kappa shape index (κ3) is 3.83. The molecule has 2 rings (SSSR count). The van der Waals surface area contributed by atoms with E-state index in [1.54, 1.807) is 0 Å². The van der Waals surface area contributed by atoms with Gasteiger partial charge in [0.25, 0.3) is 5.69 Å². The van der Waals surface area contributed by atoms with E-state index in [1.165, 1.54) is 43.5 Å². The number of ether oxygens (including phenoxy) is 2. The summed E-state index contributed by atoms with van der Waals surface area (Å²) in [6.45, 7) is 0. The summed E-state index contributed by atoms with van der Waals surface area (Å²) >= 11 is 5.86. The summed E-state index contributed by atoms with van der Waals surface area (Å²) in [7, 11) is 1.25. The van der Waals surface area contributed by atoms with Crippen LogP contribution >= 0.6 is 11.6 Å². The monoisotopic (exact) mass is 335 g/mol. The van der Waals surface area contributed by atoms with Crippen molar-refractivity contribution in [2.75, 3.05) is 7.11 Å². The maximum Gasteiger partial charge on any atom is 0.345 e. The van der Waals surface area contributed by atoms with E-state index in [0.717, 1.165) is 6.07 Å². The highest BCUT2D eigenvalue weighted by molar-refractivity contribution is 6.33. The number of halogens is 1. The maximum absolute atomic E-state index is 12.1. The molecule has 0 amide bonds. The quantitative estimate of drug-likeness (QED) is 0.368. The van der Waals surface area contributed by atoms with Crippen molar-refractivity contribution in [2.24, 2.45) is 0 Å². The molecule has 8 heteroatoms. The Morgan fingerprint density at radius 1 is 1.09 bits per heavy atom. The molecular formula is C15H10ClNO6. The molecule has 2 aromatic carbocycles. The zero-order valence-electron chi connectivity index (χ0n) is 11.8. The lowest BCUT2D eigenvalue weighted by Crippen LogP contribution is -2.10. The van der Waals surface area contributed by atoms with Crippen molar-refractivity contribution in [3.63, 3.8) is 0 Å². The van der Waals surface area contributed by atoms with E-state index in [1.807, 2.05) is 0 Å². The maximum atomic E-state index is 12.1. The Bertz CT molecular complexity index is 772. The molecule has 0 saturated carbocycles. The number of methoxy groups -OCH3 is 1. The topological polar surface area (TPSA) is 95.7 Å². The summed E-state index contributed by atoms with van der Waals surface area (Å²) in [5.74, 6) is -1.21. The predicted octanol–water partition coefficient (Wildman–Crippen LogP) is 3.25. The molecule has 0 heterocycles. The van der Waals surface area contributed by atoms with E-state index in [2.05, 4.69) is 4.74 Å². The number of nitro groups is 1. The van der Waals surface area contributed by atoms with Crippen LogP contribution in [0, 0.1) is 10.1 Å². The standard InChI is InChI=1S/C15H10ClNO6/c1-22-14(18)9-2-5-11(6-3-9)23-15(19)12-8-10(17(20)21)4-7-13(12)16/h2-8H,1H3. The van der Waals surface area contributed by atoms with Crippen LogP contribution < -0.4 is 4.74 Å². The smallest absolute Gasteiger partial charge is 0.345 e. The highest BCUT2D eigenvalue weighted by atomic mass is 35.5. The molecule has 2 aromatic rings. The van der Waals surface area contributed by atoms with Gasteiger partial charge in [0.1, 0.15) is 5.75 Å². The molecular weight excluding hydrogens is 326 g/mol. The Morgan fingerprint density at radius 2 is 1.74 bits per heavy atom. The zero-order chi connectivity index (χ0) is 17.0. The van der Waals surface area contributed by atoms with Crippen molar-refractivity contribution in [3.8, 4) is 5.75 Å². The van der Waals surface area contributed by atoms with E-state index in [4.69, 9.17) is 16.3 Å². The molecule has 0 unspecified atom stereocenters. The van der Waals surface area contributed by atoms with E-state index < -0.39 is 16.9 Å². The average Bonchev–Trinajstić information content (AvgIpc) is 2.54. The minimum atomic E-state index is -0.843. The number of non-ortho nitro benzene ring substituents is 1. The molecule has 0 bridgehead atoms. The second-order valence-electron chi connectivity index (χ2n) is 4.33. The number of carbonyl (C=O) groups excluding carboxylic acids is 2. The lowest BCUT2D eigenvalue weighted by atomic mass is 10.2. The average molecular weight is 336 g/mol. The lowest BCUT2D eigenvalue weighted by Gasteiger charge is -2.06. The lowest BCUT2D eigenvalue weighted by molar-refractivity contribution is -0.384. The van der Waals surface area contributed by atoms with Gasteiger partial charge in [-0.1, -0.05) is 11.6 Å². The summed E-state index contributed by atoms with van der Waals surface area (Å²) in [6.07, 6.45) is 0. The zero-order valence-corrected chi connectivity index (χ0v) is 12.6. The van der Waals surface area contributed by atoms with Crippen molar-refractivity contribution in [2.45, 2.75) is 0 Å². The van der Waals surface area contributed by atoms with Crippen molar-refractivity contribution in [3.05, 3.63) is 68.7 Å². The first-order valence-corrected chi connectivity index (χ1v) is 6.64. The minimum absolute atomic E-state index is 0.0341. The van der Waals surface area contributed by atoms with Crippen LogP contribution in [-0.4, -0.2) is 24.0 Å². The third-order valence-electron chi connectivity index (χ3n) is 2.87. The molecule has 0 aliphatic carbocycles. The van der Waals surface area contributed by atoms with Crippen LogP contribution in [0.3, 0.4) is 0 Å². The minimum Gasteiger partial charge on any atom is -0.465 e. The van der Waals surface area contributed by atoms with Gasteiger partial charge in [-0.2, -0.15) is 0 Å². The van der Waals surface area contributed by atoms with E-state index in [9.17, 15) is 19.7 Å². The van der Waals surface area contributed by atoms with Crippen LogP contribution in [0.2, 0.25) is 5.02 Å². The van der Waals surface area contributed by atoms with E-state index >= 15 is 0 Å². The first kappa shape index (κ1) is 16.4. The molecule has 0 aromatic heterocycles. The number of rotatable bonds is 4. The first-order chi connectivity index (χ1) is 10.9. The van der Waals surface area contributed by atoms with Gasteiger partial charge >= 0.3 is 11.9 Å². The molecule has 0 fully saturated rings. The fourth-order valence-electron chi connectivity index (χ4n) is 1.72. The molecule has 0 radical (unpaired) electrons. The Labute approximate surface area is 135 Å². The predicted molar refractivity (Wildman–Crippen MR) is 80.8 cm³/mol. The number of nitro benzene ring substituents is 1. The number of esters is 2. The molecule has 7 nitrogen and oxygen atoms in total. The summed E-state index contributed by atoms with van der Waals surface area (Å²) in [5, 5.41) is 10.8. The number of hydrogen-bond acceptors (Lipinski definition) is 6. The Morgan fingerprint density at radius 3 is 2.30 bits per heavy atom. The van der Waals surface area contributed by atoms with Crippen LogP contribution in [0.5, 0.6) is 5.75 Å². The summed E-state index contributed by atoms with van der Waals surface area (Å²) in [4.78, 5) is 33.5. The molecule has 0 N–H and O–H groups in total. The fraction of sp³-hybridized carbons (Fsp3) is 0.0667. The molecule has 0 saturated heterocycles. The van der Waals surface area contributed by atoms with Crippen molar-refractivity contribution in [1.29, 1.82) is 0 Å². The van der Waals surface area contributed by atoms with E-state index in [0.29, 0.717) is 5.56 Å². The summed E-state index contributed by atoms with van der Waals surface area (Å²) in [5.41, 5.74) is -0.110. The third-order valence-corrected chi connectivity index (χ3v) is 3.20. The van der Waals surface area contributed by atoms with Gasteiger partial charge in [-0.15, -0.1) is 0 Å². The molecule has 0 aliphatic rings. The van der Waals surface area contributed by atoms with Gasteiger partial charge in [-0.25, -0.2) is 9.59 Å². The van der Waals surface area contributed by atoms with Gasteiger partial charge in [0.05, 0.1) is 28.2 Å². The second-order valence-corrected chi connectivity index (χ2v) is 4.73. The fourth-order valence-corrected chi connectivity index (χ4v) is 1.92. The van der Waals surface area contributed by atoms with Crippen molar-refractivity contribution < 1.29 is 24.0 Å². The first-order valence-electron chi connectivity index (χ1n) is 6.27. The van der Waals surface area contributed by atoms with Gasteiger partial charge in [0, 0.05) is 12.1 Å². The number of hydrogen-bond donors (Lipinski definition) is 0. The van der Waals surface area contributed by atoms with Gasteiger partial charge in [0.15, 0.2) is 0 Å². The Balaban J connectivity index is 2.20. The van der Waals surface area contributed by atoms with Crippen molar-refractivity contribution in [1.82, 2.24) is 0 Å². The summed E-state index contributed by atoms with van der Waals surface area (Å²) < 4.78 is 9.64. The summed E-state index contributed by atoms with van der Waals surface area (Å²) in [6, 6.07) is 9.10. The van der Waals surface area contributed by atoms with E-state index in [-0.39, 0.29) is 22.0 Å². The van der Waals surface area contributed by atoms with Crippen LogP contribution in [0.15, 0.2) is 42.5 Å². The highest BCUT2D eigenvalue weighted by Crippen LogP contribution is 2.24. The SMILES string of the molecule is COC(=O)c1ccc(OC(=O)c2cc([N+](=O)[O-])ccc2Cl)cc1. The van der Waals surface area contributed by atoms with Gasteiger partial charge in [-0.3, -0.25) is 10.1 Å². The molecule has 118 valence electrons. The van der Waals surface area contributed by atoms with Crippen LogP contribution in [0.1, 0.15) is 20.7 Å². The van der Waals surface area contributed by atoms with Crippen LogP contribution in [0.4, 0.5) is 5.69 Å². The molecule has 0 atom stereocenters. The molecule has 0 aliphatic heterocycles. The van der Waals surface area contributed by atoms with Gasteiger partial charge < -0.3 is 9.47 Å². The van der Waals surface area contributed by atoms with Gasteiger partial charge in [0.2, 0.25) is 0 Å². The van der Waals surface area contributed by atoms with Crippen LogP contribution in [-0.2, 0) is 4.74 Å². The molecule has 23 heavy (non-hydrogen) atoms. The number of nitrogens with zero attached hydrogens (tertiary/aromatic N) is 1. The Kier molecular flexibility index (Phi) is 4.92. The highest BCUT2D eigenvalue weighted by Gasteiger charge is 2.18. The Hall–Kier alpha value is -2.93. The molecule has 0 spiro atoms. The normalized spacial score (nSPS) is 10.0. The van der Waals surface area contributed by atoms with Crippen LogP contribution in [0.25, 0.3) is 0 Å². The second kappa shape index (κ2) is 6.89. The van der Waals surface area contributed by atoms with Crippen molar-refractivity contribution >= 4 is 29.2 Å². The number of carbonyl (C=O) groups is 2. The largest absolute Gasteiger partial charge is 0.465 e.